The second-order valence-corrected chi connectivity index (χ2v) is 7.60. The molecule has 0 saturated heterocycles. The summed E-state index contributed by atoms with van der Waals surface area (Å²) in [6.45, 7) is -0.0401. The van der Waals surface area contributed by atoms with E-state index in [0.29, 0.717) is 35.5 Å². The molecule has 0 spiro atoms. The number of carbonyl (C=O) groups excluding carboxylic acids is 2. The van der Waals surface area contributed by atoms with Crippen LogP contribution >= 0.6 is 0 Å². The zero-order chi connectivity index (χ0) is 20.1. The van der Waals surface area contributed by atoms with E-state index in [2.05, 4.69) is 5.32 Å². The minimum Gasteiger partial charge on any atom is -0.496 e. The summed E-state index contributed by atoms with van der Waals surface area (Å²) in [6, 6.07) is 3.45. The molecule has 0 heterocycles. The number of esters is 1. The Bertz CT molecular complexity index is 719. The minimum absolute atomic E-state index is 0.228. The predicted molar refractivity (Wildman–Crippen MR) is 102 cm³/mol. The van der Waals surface area contributed by atoms with Gasteiger partial charge in [-0.25, -0.2) is 0 Å². The van der Waals surface area contributed by atoms with Crippen molar-refractivity contribution >= 4 is 11.9 Å². The molecular weight excluding hydrogens is 362 g/mol. The lowest BCUT2D eigenvalue weighted by Crippen LogP contribution is -2.29. The maximum absolute atomic E-state index is 12.1. The highest BCUT2D eigenvalue weighted by molar-refractivity contribution is 5.80. The van der Waals surface area contributed by atoms with Gasteiger partial charge in [-0.15, -0.1) is 0 Å². The molecule has 1 N–H and O–H groups in total. The number of hydrogen-bond acceptors (Lipinski definition) is 6. The molecule has 7 nitrogen and oxygen atoms in total. The van der Waals surface area contributed by atoms with Crippen LogP contribution in [0.15, 0.2) is 12.1 Å². The Morgan fingerprint density at radius 1 is 1.00 bits per heavy atom. The summed E-state index contributed by atoms with van der Waals surface area (Å²) in [7, 11) is 4.64. The minimum atomic E-state index is -0.349. The highest BCUT2D eigenvalue weighted by Crippen LogP contribution is 2.49. The molecule has 1 aromatic carbocycles. The van der Waals surface area contributed by atoms with Crippen molar-refractivity contribution in [3.63, 3.8) is 0 Å². The van der Waals surface area contributed by atoms with Gasteiger partial charge in [0.15, 0.2) is 18.1 Å². The number of methoxy groups -OCH3 is 3. The predicted octanol–water partition coefficient (Wildman–Crippen LogP) is 2.70. The monoisotopic (exact) mass is 391 g/mol. The fourth-order valence-corrected chi connectivity index (χ4v) is 4.52. The van der Waals surface area contributed by atoms with Crippen LogP contribution in [0.2, 0.25) is 0 Å². The Morgan fingerprint density at radius 3 is 2.32 bits per heavy atom. The van der Waals surface area contributed by atoms with Gasteiger partial charge in [-0.1, -0.05) is 6.42 Å². The average Bonchev–Trinajstić information content (AvgIpc) is 3.33. The maximum Gasteiger partial charge on any atom is 0.306 e. The third-order valence-electron chi connectivity index (χ3n) is 5.94. The van der Waals surface area contributed by atoms with Crippen molar-refractivity contribution in [3.8, 4) is 17.2 Å². The molecule has 3 atom stereocenters. The Morgan fingerprint density at radius 2 is 1.71 bits per heavy atom. The lowest BCUT2D eigenvalue weighted by Gasteiger charge is -2.20. The first-order valence-corrected chi connectivity index (χ1v) is 9.75. The molecule has 1 aromatic rings. The van der Waals surface area contributed by atoms with Crippen LogP contribution in [0.4, 0.5) is 0 Å². The van der Waals surface area contributed by atoms with Crippen molar-refractivity contribution in [2.45, 2.75) is 38.6 Å². The van der Waals surface area contributed by atoms with E-state index < -0.39 is 0 Å². The molecule has 0 aliphatic heterocycles. The van der Waals surface area contributed by atoms with Gasteiger partial charge in [0.2, 0.25) is 0 Å². The van der Waals surface area contributed by atoms with Crippen LogP contribution in [0.3, 0.4) is 0 Å². The standard InChI is InChI=1S/C21H29NO6/c1-25-17-10-19(27-3)18(26-2)8-16(17)11-22-20(23)12-28-21(24)9-15-7-13-4-5-14(15)6-13/h8,10,13-15H,4-7,9,11-12H2,1-3H3,(H,22,23)/t13-,14-,15+/m1/s1. The highest BCUT2D eigenvalue weighted by atomic mass is 16.5. The summed E-state index contributed by atoms with van der Waals surface area (Å²) in [5.41, 5.74) is 0.738. The van der Waals surface area contributed by atoms with Crippen molar-refractivity contribution in [2.75, 3.05) is 27.9 Å². The average molecular weight is 391 g/mol. The van der Waals surface area contributed by atoms with Crippen molar-refractivity contribution in [1.82, 2.24) is 5.32 Å². The molecule has 7 heteroatoms. The first kappa shape index (κ1) is 20.3. The van der Waals surface area contributed by atoms with Crippen molar-refractivity contribution in [1.29, 1.82) is 0 Å². The number of carbonyl (C=O) groups is 2. The second kappa shape index (κ2) is 9.17. The van der Waals surface area contributed by atoms with E-state index in [1.165, 1.54) is 19.3 Å². The Balaban J connectivity index is 1.45. The molecule has 2 aliphatic rings. The third-order valence-corrected chi connectivity index (χ3v) is 5.94. The van der Waals surface area contributed by atoms with Crippen LogP contribution in [-0.4, -0.2) is 39.8 Å². The molecule has 2 aliphatic carbocycles. The van der Waals surface area contributed by atoms with Gasteiger partial charge in [-0.2, -0.15) is 0 Å². The van der Waals surface area contributed by atoms with E-state index in [1.54, 1.807) is 33.5 Å². The number of fused-ring (bicyclic) bond motifs is 2. The maximum atomic E-state index is 12.1. The molecule has 0 radical (unpaired) electrons. The molecule has 154 valence electrons. The summed E-state index contributed by atoms with van der Waals surface area (Å²) in [5.74, 6) is 2.94. The van der Waals surface area contributed by atoms with E-state index in [9.17, 15) is 9.59 Å². The SMILES string of the molecule is COc1cc(OC)c(OC)cc1CNC(=O)COC(=O)C[C@@H]1C[C@@H]2CC[C@@H]1C2. The van der Waals surface area contributed by atoms with E-state index in [0.717, 1.165) is 17.9 Å². The van der Waals surface area contributed by atoms with Crippen molar-refractivity contribution < 1.29 is 28.5 Å². The van der Waals surface area contributed by atoms with Gasteiger partial charge in [-0.05, 0) is 43.1 Å². The second-order valence-electron chi connectivity index (χ2n) is 7.60. The summed E-state index contributed by atoms with van der Waals surface area (Å²) in [4.78, 5) is 24.1. The quantitative estimate of drug-likeness (QED) is 0.652. The first-order chi connectivity index (χ1) is 13.5. The van der Waals surface area contributed by atoms with Gasteiger partial charge < -0.3 is 24.3 Å². The van der Waals surface area contributed by atoms with Crippen LogP contribution in [0, 0.1) is 17.8 Å². The summed E-state index contributed by atoms with van der Waals surface area (Å²) >= 11 is 0. The molecule has 2 bridgehead atoms. The molecule has 3 rings (SSSR count). The van der Waals surface area contributed by atoms with Crippen molar-refractivity contribution in [3.05, 3.63) is 17.7 Å². The number of amides is 1. The summed E-state index contributed by atoms with van der Waals surface area (Å²) in [5, 5.41) is 2.75. The van der Waals surface area contributed by atoms with Gasteiger partial charge >= 0.3 is 5.97 Å². The highest BCUT2D eigenvalue weighted by Gasteiger charge is 2.40. The molecule has 2 saturated carbocycles. The van der Waals surface area contributed by atoms with E-state index in [-0.39, 0.29) is 25.0 Å². The summed E-state index contributed by atoms with van der Waals surface area (Å²) in [6.07, 6.45) is 5.35. The molecule has 0 unspecified atom stereocenters. The van der Waals surface area contributed by atoms with Crippen LogP contribution in [-0.2, 0) is 20.9 Å². The van der Waals surface area contributed by atoms with Crippen LogP contribution in [0.25, 0.3) is 0 Å². The zero-order valence-corrected chi connectivity index (χ0v) is 16.8. The fraction of sp³-hybridized carbons (Fsp3) is 0.619. The Labute approximate surface area is 165 Å². The van der Waals surface area contributed by atoms with E-state index in [1.807, 2.05) is 0 Å². The van der Waals surface area contributed by atoms with Gasteiger partial charge in [0, 0.05) is 24.6 Å². The molecule has 0 aromatic heterocycles. The van der Waals surface area contributed by atoms with Crippen LogP contribution in [0.1, 0.15) is 37.7 Å². The van der Waals surface area contributed by atoms with Crippen molar-refractivity contribution in [2.24, 2.45) is 17.8 Å². The Kier molecular flexibility index (Phi) is 6.65. The van der Waals surface area contributed by atoms with E-state index in [4.69, 9.17) is 18.9 Å². The van der Waals surface area contributed by atoms with Gasteiger partial charge in [-0.3, -0.25) is 9.59 Å². The van der Waals surface area contributed by atoms with E-state index >= 15 is 0 Å². The number of nitrogens with one attached hydrogen (secondary N) is 1. The number of benzene rings is 1. The van der Waals surface area contributed by atoms with Crippen LogP contribution in [0.5, 0.6) is 17.2 Å². The first-order valence-electron chi connectivity index (χ1n) is 9.75. The number of ether oxygens (including phenoxy) is 4. The van der Waals surface area contributed by atoms with Gasteiger partial charge in [0.25, 0.3) is 5.91 Å². The number of hydrogen-bond donors (Lipinski definition) is 1. The lowest BCUT2D eigenvalue weighted by molar-refractivity contribution is -0.149. The molecule has 1 amide bonds. The fourth-order valence-electron chi connectivity index (χ4n) is 4.52. The molecule has 28 heavy (non-hydrogen) atoms. The molecular formula is C21H29NO6. The smallest absolute Gasteiger partial charge is 0.306 e. The lowest BCUT2D eigenvalue weighted by atomic mass is 9.86. The third kappa shape index (κ3) is 4.69. The molecule has 2 fully saturated rings. The Hall–Kier alpha value is -2.44. The topological polar surface area (TPSA) is 83.1 Å². The summed E-state index contributed by atoms with van der Waals surface area (Å²) < 4.78 is 21.0. The zero-order valence-electron chi connectivity index (χ0n) is 16.8. The number of rotatable bonds is 9. The van der Waals surface area contributed by atoms with Gasteiger partial charge in [0.05, 0.1) is 21.3 Å². The van der Waals surface area contributed by atoms with Crippen LogP contribution < -0.4 is 19.5 Å². The van der Waals surface area contributed by atoms with Gasteiger partial charge in [0.1, 0.15) is 5.75 Å². The largest absolute Gasteiger partial charge is 0.496 e. The normalized spacial score (nSPS) is 22.6.